The van der Waals surface area contributed by atoms with E-state index in [1.165, 1.54) is 0 Å². The van der Waals surface area contributed by atoms with Gasteiger partial charge in [0, 0.05) is 12.1 Å². The van der Waals surface area contributed by atoms with Crippen LogP contribution in [0.2, 0.25) is 0 Å². The Kier molecular flexibility index (Phi) is 7.09. The predicted molar refractivity (Wildman–Crippen MR) is 80.1 cm³/mol. The molecule has 0 spiro atoms. The summed E-state index contributed by atoms with van der Waals surface area (Å²) in [4.78, 5) is 11.9. The Bertz CT molecular complexity index is 403. The summed E-state index contributed by atoms with van der Waals surface area (Å²) >= 11 is 0. The number of amides is 1. The Hall–Kier alpha value is -1.55. The van der Waals surface area contributed by atoms with Crippen LogP contribution in [0.15, 0.2) is 24.3 Å². The average molecular weight is 279 g/mol. The first-order chi connectivity index (χ1) is 9.56. The molecular formula is C16H25NO3. The molecule has 0 aliphatic carbocycles. The number of carbonyl (C=O) groups is 1. The molecule has 0 fully saturated rings. The normalized spacial score (nSPS) is 13.6. The van der Waals surface area contributed by atoms with Crippen LogP contribution in [-0.2, 0) is 0 Å². The minimum Gasteiger partial charge on any atom is -0.491 e. The standard InChI is InChI=1S/C16H25NO3/c1-4-12(3)20-15-8-6-13(7-9-15)16(19)17-11-10-14(18)5-2/h6-9,12,14,18H,4-5,10-11H2,1-3H3,(H,17,19). The number of aliphatic hydroxyl groups excluding tert-OH is 1. The van der Waals surface area contributed by atoms with E-state index in [-0.39, 0.29) is 18.1 Å². The predicted octanol–water partition coefficient (Wildman–Crippen LogP) is 2.75. The van der Waals surface area contributed by atoms with Crippen LogP contribution >= 0.6 is 0 Å². The smallest absolute Gasteiger partial charge is 0.251 e. The third-order valence-corrected chi connectivity index (χ3v) is 3.26. The molecule has 4 heteroatoms. The fourth-order valence-corrected chi connectivity index (χ4v) is 1.66. The molecule has 1 aromatic rings. The van der Waals surface area contributed by atoms with Crippen LogP contribution in [0.1, 0.15) is 50.4 Å². The van der Waals surface area contributed by atoms with Crippen molar-refractivity contribution in [2.24, 2.45) is 0 Å². The van der Waals surface area contributed by atoms with Gasteiger partial charge in [-0.05, 0) is 50.5 Å². The van der Waals surface area contributed by atoms with Gasteiger partial charge in [-0.15, -0.1) is 0 Å². The molecule has 0 aliphatic heterocycles. The van der Waals surface area contributed by atoms with Crippen LogP contribution in [0.25, 0.3) is 0 Å². The van der Waals surface area contributed by atoms with Crippen LogP contribution in [0.5, 0.6) is 5.75 Å². The highest BCUT2D eigenvalue weighted by atomic mass is 16.5. The number of hydrogen-bond acceptors (Lipinski definition) is 3. The number of nitrogens with one attached hydrogen (secondary N) is 1. The summed E-state index contributed by atoms with van der Waals surface area (Å²) in [6, 6.07) is 7.12. The van der Waals surface area contributed by atoms with Gasteiger partial charge in [-0.2, -0.15) is 0 Å². The Balaban J connectivity index is 2.45. The lowest BCUT2D eigenvalue weighted by Gasteiger charge is -2.13. The van der Waals surface area contributed by atoms with E-state index < -0.39 is 0 Å². The molecule has 0 bridgehead atoms. The first-order valence-electron chi connectivity index (χ1n) is 7.29. The van der Waals surface area contributed by atoms with Gasteiger partial charge < -0.3 is 15.2 Å². The fourth-order valence-electron chi connectivity index (χ4n) is 1.66. The monoisotopic (exact) mass is 279 g/mol. The molecule has 0 aromatic heterocycles. The summed E-state index contributed by atoms with van der Waals surface area (Å²) < 4.78 is 5.66. The molecular weight excluding hydrogens is 254 g/mol. The molecule has 0 radical (unpaired) electrons. The van der Waals surface area contributed by atoms with Gasteiger partial charge >= 0.3 is 0 Å². The van der Waals surface area contributed by atoms with Crippen molar-refractivity contribution in [2.75, 3.05) is 6.54 Å². The molecule has 0 aliphatic rings. The van der Waals surface area contributed by atoms with Crippen molar-refractivity contribution in [1.29, 1.82) is 0 Å². The first-order valence-corrected chi connectivity index (χ1v) is 7.29. The maximum Gasteiger partial charge on any atom is 0.251 e. The summed E-state index contributed by atoms with van der Waals surface area (Å²) in [5.41, 5.74) is 0.604. The van der Waals surface area contributed by atoms with Gasteiger partial charge in [0.05, 0.1) is 12.2 Å². The number of carbonyl (C=O) groups excluding carboxylic acids is 1. The molecule has 112 valence electrons. The van der Waals surface area contributed by atoms with E-state index in [9.17, 15) is 9.90 Å². The molecule has 2 atom stereocenters. The zero-order valence-corrected chi connectivity index (χ0v) is 12.6. The Morgan fingerprint density at radius 2 is 1.90 bits per heavy atom. The van der Waals surface area contributed by atoms with E-state index >= 15 is 0 Å². The average Bonchev–Trinajstić information content (AvgIpc) is 2.47. The highest BCUT2D eigenvalue weighted by molar-refractivity contribution is 5.94. The molecule has 0 saturated heterocycles. The zero-order chi connectivity index (χ0) is 15.0. The summed E-state index contributed by atoms with van der Waals surface area (Å²) in [6.45, 7) is 6.48. The lowest BCUT2D eigenvalue weighted by Crippen LogP contribution is -2.26. The van der Waals surface area contributed by atoms with Gasteiger partial charge in [-0.25, -0.2) is 0 Å². The van der Waals surface area contributed by atoms with Crippen molar-refractivity contribution in [1.82, 2.24) is 5.32 Å². The van der Waals surface area contributed by atoms with E-state index in [0.717, 1.165) is 12.2 Å². The highest BCUT2D eigenvalue weighted by Crippen LogP contribution is 2.14. The molecule has 4 nitrogen and oxygen atoms in total. The molecule has 1 rings (SSSR count). The van der Waals surface area contributed by atoms with E-state index in [1.807, 2.05) is 26.0 Å². The van der Waals surface area contributed by atoms with Crippen molar-refractivity contribution in [3.8, 4) is 5.75 Å². The fraction of sp³-hybridized carbons (Fsp3) is 0.562. The maximum atomic E-state index is 11.9. The van der Waals surface area contributed by atoms with E-state index in [0.29, 0.717) is 24.9 Å². The van der Waals surface area contributed by atoms with Crippen molar-refractivity contribution in [3.05, 3.63) is 29.8 Å². The zero-order valence-electron chi connectivity index (χ0n) is 12.6. The Morgan fingerprint density at radius 1 is 1.25 bits per heavy atom. The van der Waals surface area contributed by atoms with Crippen molar-refractivity contribution >= 4 is 5.91 Å². The number of hydrogen-bond donors (Lipinski definition) is 2. The van der Waals surface area contributed by atoms with E-state index in [1.54, 1.807) is 12.1 Å². The minimum atomic E-state index is -0.346. The third kappa shape index (κ3) is 5.61. The van der Waals surface area contributed by atoms with Gasteiger partial charge in [0.2, 0.25) is 0 Å². The first kappa shape index (κ1) is 16.5. The van der Waals surface area contributed by atoms with Crippen molar-refractivity contribution in [2.45, 2.75) is 52.2 Å². The number of ether oxygens (including phenoxy) is 1. The van der Waals surface area contributed by atoms with Gasteiger partial charge in [-0.3, -0.25) is 4.79 Å². The van der Waals surface area contributed by atoms with E-state index in [2.05, 4.69) is 12.2 Å². The second-order valence-corrected chi connectivity index (χ2v) is 4.97. The SMILES string of the molecule is CCC(O)CCNC(=O)c1ccc(OC(C)CC)cc1. The second kappa shape index (κ2) is 8.59. The molecule has 0 saturated carbocycles. The third-order valence-electron chi connectivity index (χ3n) is 3.26. The number of benzene rings is 1. The molecule has 2 unspecified atom stereocenters. The lowest BCUT2D eigenvalue weighted by atomic mass is 10.2. The molecule has 20 heavy (non-hydrogen) atoms. The quantitative estimate of drug-likeness (QED) is 0.769. The van der Waals surface area contributed by atoms with Crippen molar-refractivity contribution in [3.63, 3.8) is 0 Å². The van der Waals surface area contributed by atoms with Crippen LogP contribution < -0.4 is 10.1 Å². The van der Waals surface area contributed by atoms with Crippen LogP contribution in [0.4, 0.5) is 0 Å². The molecule has 1 amide bonds. The van der Waals surface area contributed by atoms with Crippen LogP contribution in [-0.4, -0.2) is 29.8 Å². The van der Waals surface area contributed by atoms with Crippen LogP contribution in [0.3, 0.4) is 0 Å². The van der Waals surface area contributed by atoms with Crippen molar-refractivity contribution < 1.29 is 14.6 Å². The molecule has 0 heterocycles. The summed E-state index contributed by atoms with van der Waals surface area (Å²) in [7, 11) is 0. The van der Waals surface area contributed by atoms with Gasteiger partial charge in [0.15, 0.2) is 0 Å². The Labute approximate surface area is 121 Å². The molecule has 2 N–H and O–H groups in total. The molecule has 1 aromatic carbocycles. The summed E-state index contributed by atoms with van der Waals surface area (Å²) in [5.74, 6) is 0.653. The maximum absolute atomic E-state index is 11.9. The van der Waals surface area contributed by atoms with Gasteiger partial charge in [0.25, 0.3) is 5.91 Å². The highest BCUT2D eigenvalue weighted by Gasteiger charge is 2.07. The topological polar surface area (TPSA) is 58.6 Å². The second-order valence-electron chi connectivity index (χ2n) is 4.97. The lowest BCUT2D eigenvalue weighted by molar-refractivity contribution is 0.0942. The van der Waals surface area contributed by atoms with Crippen LogP contribution in [0, 0.1) is 0 Å². The largest absolute Gasteiger partial charge is 0.491 e. The number of aliphatic hydroxyl groups is 1. The number of rotatable bonds is 8. The van der Waals surface area contributed by atoms with Gasteiger partial charge in [0.1, 0.15) is 5.75 Å². The van der Waals surface area contributed by atoms with Gasteiger partial charge in [-0.1, -0.05) is 13.8 Å². The van der Waals surface area contributed by atoms with E-state index in [4.69, 9.17) is 4.74 Å². The Morgan fingerprint density at radius 3 is 2.45 bits per heavy atom. The minimum absolute atomic E-state index is 0.122. The summed E-state index contributed by atoms with van der Waals surface area (Å²) in [5, 5.41) is 12.2. The summed E-state index contributed by atoms with van der Waals surface area (Å²) in [6.07, 6.45) is 2.06.